The summed E-state index contributed by atoms with van der Waals surface area (Å²) in [4.78, 5) is 0. The van der Waals surface area contributed by atoms with Gasteiger partial charge in [0, 0.05) is 5.56 Å². The van der Waals surface area contributed by atoms with Gasteiger partial charge in [-0.3, -0.25) is 0 Å². The van der Waals surface area contributed by atoms with Gasteiger partial charge in [-0.25, -0.2) is 0 Å². The van der Waals surface area contributed by atoms with Crippen LogP contribution in [0.25, 0.3) is 0 Å². The van der Waals surface area contributed by atoms with Gasteiger partial charge >= 0.3 is 0 Å². The zero-order valence-corrected chi connectivity index (χ0v) is 12.8. The Morgan fingerprint density at radius 3 is 2.43 bits per heavy atom. The first kappa shape index (κ1) is 15.4. The second-order valence-corrected chi connectivity index (χ2v) is 5.07. The van der Waals surface area contributed by atoms with Crippen LogP contribution in [0.15, 0.2) is 42.5 Å². The second kappa shape index (κ2) is 7.14. The lowest BCUT2D eigenvalue weighted by atomic mass is 10.1. The highest BCUT2D eigenvalue weighted by atomic mass is 16.5. The maximum absolute atomic E-state index is 10.3. The molecule has 0 radical (unpaired) electrons. The molecule has 0 spiro atoms. The van der Waals surface area contributed by atoms with Gasteiger partial charge in [0.15, 0.2) is 0 Å². The molecule has 0 aliphatic rings. The minimum atomic E-state index is -0.717. The number of aryl methyl sites for hydroxylation is 2. The molecule has 0 aliphatic carbocycles. The minimum Gasteiger partial charge on any atom is -0.496 e. The summed E-state index contributed by atoms with van der Waals surface area (Å²) in [5, 5.41) is 10.3. The summed E-state index contributed by atoms with van der Waals surface area (Å²) >= 11 is 0. The van der Waals surface area contributed by atoms with Crippen molar-refractivity contribution in [1.29, 1.82) is 0 Å². The monoisotopic (exact) mass is 286 g/mol. The Morgan fingerprint density at radius 2 is 1.81 bits per heavy atom. The number of ether oxygens (including phenoxy) is 2. The predicted octanol–water partition coefficient (Wildman–Crippen LogP) is 3.68. The van der Waals surface area contributed by atoms with Gasteiger partial charge < -0.3 is 14.6 Å². The number of aliphatic hydroxyl groups is 1. The number of hydrogen-bond donors (Lipinski definition) is 1. The molecule has 1 N–H and O–H groups in total. The zero-order chi connectivity index (χ0) is 15.2. The van der Waals surface area contributed by atoms with E-state index in [9.17, 15) is 5.11 Å². The van der Waals surface area contributed by atoms with Crippen LogP contribution in [0.1, 0.15) is 29.7 Å². The van der Waals surface area contributed by atoms with Crippen molar-refractivity contribution in [3.63, 3.8) is 0 Å². The number of hydrogen-bond acceptors (Lipinski definition) is 3. The van der Waals surface area contributed by atoms with Crippen molar-refractivity contribution < 1.29 is 14.6 Å². The number of rotatable bonds is 6. The quantitative estimate of drug-likeness (QED) is 0.880. The molecule has 0 heterocycles. The smallest absolute Gasteiger partial charge is 0.124 e. The van der Waals surface area contributed by atoms with Crippen LogP contribution in [0.2, 0.25) is 0 Å². The van der Waals surface area contributed by atoms with Crippen molar-refractivity contribution in [2.75, 3.05) is 13.7 Å². The first-order chi connectivity index (χ1) is 10.1. The van der Waals surface area contributed by atoms with Crippen molar-refractivity contribution in [1.82, 2.24) is 0 Å². The summed E-state index contributed by atoms with van der Waals surface area (Å²) in [5.74, 6) is 1.44. The number of methoxy groups -OCH3 is 1. The van der Waals surface area contributed by atoms with Gasteiger partial charge in [-0.2, -0.15) is 0 Å². The molecule has 0 saturated heterocycles. The van der Waals surface area contributed by atoms with Gasteiger partial charge in [0.1, 0.15) is 24.2 Å². The maximum atomic E-state index is 10.3. The third-order valence-corrected chi connectivity index (χ3v) is 3.48. The molecule has 1 unspecified atom stereocenters. The van der Waals surface area contributed by atoms with Gasteiger partial charge in [0.05, 0.1) is 7.11 Å². The standard InChI is InChI=1S/C18H22O3/c1-4-14-6-8-15(9-7-14)21-12-17(19)16-11-13(2)5-10-18(16)20-3/h5-11,17,19H,4,12H2,1-3H3. The average molecular weight is 286 g/mol. The van der Waals surface area contributed by atoms with Crippen LogP contribution in [0.3, 0.4) is 0 Å². The van der Waals surface area contributed by atoms with E-state index in [0.717, 1.165) is 23.3 Å². The normalized spacial score (nSPS) is 12.0. The molecule has 3 nitrogen and oxygen atoms in total. The fraction of sp³-hybridized carbons (Fsp3) is 0.333. The lowest BCUT2D eigenvalue weighted by Gasteiger charge is -2.16. The van der Waals surface area contributed by atoms with E-state index in [1.54, 1.807) is 7.11 Å². The summed E-state index contributed by atoms with van der Waals surface area (Å²) in [6, 6.07) is 13.7. The van der Waals surface area contributed by atoms with Gasteiger partial charge in [-0.05, 0) is 43.2 Å². The molecule has 112 valence electrons. The molecule has 3 heteroatoms. The Balaban J connectivity index is 2.03. The van der Waals surface area contributed by atoms with Gasteiger partial charge in [-0.1, -0.05) is 30.7 Å². The Bertz CT molecular complexity index is 576. The molecule has 0 amide bonds. The van der Waals surface area contributed by atoms with Gasteiger partial charge in [0.2, 0.25) is 0 Å². The Labute approximate surface area is 126 Å². The van der Waals surface area contributed by atoms with Crippen LogP contribution in [0.5, 0.6) is 11.5 Å². The predicted molar refractivity (Wildman–Crippen MR) is 84.0 cm³/mol. The van der Waals surface area contributed by atoms with Crippen LogP contribution >= 0.6 is 0 Å². The summed E-state index contributed by atoms with van der Waals surface area (Å²) in [6.07, 6.45) is 0.286. The van der Waals surface area contributed by atoms with E-state index in [-0.39, 0.29) is 6.61 Å². The largest absolute Gasteiger partial charge is 0.496 e. The van der Waals surface area contributed by atoms with Crippen molar-refractivity contribution in [2.24, 2.45) is 0 Å². The lowest BCUT2D eigenvalue weighted by molar-refractivity contribution is 0.105. The molecule has 0 bridgehead atoms. The Morgan fingerprint density at radius 1 is 1.10 bits per heavy atom. The van der Waals surface area contributed by atoms with Crippen LogP contribution in [-0.2, 0) is 6.42 Å². The Hall–Kier alpha value is -2.00. The summed E-state index contributed by atoms with van der Waals surface area (Å²) in [6.45, 7) is 4.30. The fourth-order valence-corrected chi connectivity index (χ4v) is 2.20. The number of benzene rings is 2. The van der Waals surface area contributed by atoms with E-state index < -0.39 is 6.10 Å². The van der Waals surface area contributed by atoms with E-state index in [2.05, 4.69) is 6.92 Å². The van der Waals surface area contributed by atoms with Gasteiger partial charge in [-0.15, -0.1) is 0 Å². The van der Waals surface area contributed by atoms with Crippen LogP contribution in [0, 0.1) is 6.92 Å². The van der Waals surface area contributed by atoms with E-state index in [4.69, 9.17) is 9.47 Å². The van der Waals surface area contributed by atoms with Crippen LogP contribution in [-0.4, -0.2) is 18.8 Å². The average Bonchev–Trinajstić information content (AvgIpc) is 2.53. The van der Waals surface area contributed by atoms with E-state index >= 15 is 0 Å². The first-order valence-electron chi connectivity index (χ1n) is 7.18. The Kier molecular flexibility index (Phi) is 5.23. The highest BCUT2D eigenvalue weighted by molar-refractivity contribution is 5.38. The first-order valence-corrected chi connectivity index (χ1v) is 7.18. The molecule has 21 heavy (non-hydrogen) atoms. The SMILES string of the molecule is CCc1ccc(OCC(O)c2cc(C)ccc2OC)cc1. The summed E-state index contributed by atoms with van der Waals surface area (Å²) in [5.41, 5.74) is 3.10. The summed E-state index contributed by atoms with van der Waals surface area (Å²) in [7, 11) is 1.60. The molecule has 0 saturated carbocycles. The molecular weight excluding hydrogens is 264 g/mol. The molecule has 2 aromatic carbocycles. The van der Waals surface area contributed by atoms with Crippen molar-refractivity contribution in [3.05, 3.63) is 59.2 Å². The molecule has 2 rings (SSSR count). The topological polar surface area (TPSA) is 38.7 Å². The highest BCUT2D eigenvalue weighted by Gasteiger charge is 2.14. The third-order valence-electron chi connectivity index (χ3n) is 3.48. The molecule has 1 atom stereocenters. The zero-order valence-electron chi connectivity index (χ0n) is 12.8. The lowest BCUT2D eigenvalue weighted by Crippen LogP contribution is -2.11. The van der Waals surface area contributed by atoms with E-state index in [1.807, 2.05) is 49.4 Å². The van der Waals surface area contributed by atoms with E-state index in [1.165, 1.54) is 5.56 Å². The van der Waals surface area contributed by atoms with E-state index in [0.29, 0.717) is 5.75 Å². The highest BCUT2D eigenvalue weighted by Crippen LogP contribution is 2.27. The molecular formula is C18H22O3. The molecule has 0 aromatic heterocycles. The molecule has 2 aromatic rings. The molecule has 0 aliphatic heterocycles. The van der Waals surface area contributed by atoms with Crippen molar-refractivity contribution >= 4 is 0 Å². The molecule has 0 fully saturated rings. The van der Waals surface area contributed by atoms with Crippen LogP contribution in [0.4, 0.5) is 0 Å². The summed E-state index contributed by atoms with van der Waals surface area (Å²) < 4.78 is 10.9. The minimum absolute atomic E-state index is 0.200. The van der Waals surface area contributed by atoms with Crippen molar-refractivity contribution in [2.45, 2.75) is 26.4 Å². The second-order valence-electron chi connectivity index (χ2n) is 5.07. The third kappa shape index (κ3) is 3.99. The fourth-order valence-electron chi connectivity index (χ4n) is 2.20. The van der Waals surface area contributed by atoms with Crippen molar-refractivity contribution in [3.8, 4) is 11.5 Å². The number of aliphatic hydroxyl groups excluding tert-OH is 1. The van der Waals surface area contributed by atoms with Crippen LogP contribution < -0.4 is 9.47 Å². The van der Waals surface area contributed by atoms with Gasteiger partial charge in [0.25, 0.3) is 0 Å². The maximum Gasteiger partial charge on any atom is 0.124 e.